The summed E-state index contributed by atoms with van der Waals surface area (Å²) in [4.78, 5) is 19.2. The molecule has 2 N–H and O–H groups in total. The van der Waals surface area contributed by atoms with Crippen molar-refractivity contribution in [1.82, 2.24) is 15.3 Å². The van der Waals surface area contributed by atoms with Crippen molar-refractivity contribution in [1.29, 1.82) is 0 Å². The van der Waals surface area contributed by atoms with Gasteiger partial charge in [-0.25, -0.2) is 4.98 Å². The number of aryl methyl sites for hydroxylation is 1. The van der Waals surface area contributed by atoms with Crippen LogP contribution in [0.15, 0.2) is 16.0 Å². The lowest BCUT2D eigenvalue weighted by atomic mass is 9.95. The molecule has 1 saturated carbocycles. The molecule has 0 spiro atoms. The topological polar surface area (TPSA) is 57.8 Å². The van der Waals surface area contributed by atoms with Crippen LogP contribution in [-0.4, -0.2) is 27.8 Å². The maximum absolute atomic E-state index is 11.7. The van der Waals surface area contributed by atoms with Gasteiger partial charge in [0.1, 0.15) is 0 Å². The van der Waals surface area contributed by atoms with Crippen LogP contribution in [0.5, 0.6) is 0 Å². The molecular formula is C16H27N3OS. The Bertz CT molecular complexity index is 489. The monoisotopic (exact) mass is 309 g/mol. The molecule has 5 heteroatoms. The average molecular weight is 309 g/mol. The summed E-state index contributed by atoms with van der Waals surface area (Å²) in [5.74, 6) is 0. The van der Waals surface area contributed by atoms with Crippen LogP contribution >= 0.6 is 11.8 Å². The van der Waals surface area contributed by atoms with E-state index in [1.54, 1.807) is 17.8 Å². The Labute approximate surface area is 131 Å². The van der Waals surface area contributed by atoms with Crippen molar-refractivity contribution in [3.63, 3.8) is 0 Å². The molecule has 1 aromatic heterocycles. The summed E-state index contributed by atoms with van der Waals surface area (Å²) in [6.07, 6.45) is 8.01. The molecule has 0 bridgehead atoms. The van der Waals surface area contributed by atoms with Gasteiger partial charge in [-0.05, 0) is 38.6 Å². The molecule has 0 radical (unpaired) electrons. The van der Waals surface area contributed by atoms with E-state index < -0.39 is 0 Å². The third kappa shape index (κ3) is 5.47. The second kappa shape index (κ2) is 8.59. The Hall–Kier alpha value is -0.810. The van der Waals surface area contributed by atoms with Gasteiger partial charge in [-0.15, -0.1) is 0 Å². The van der Waals surface area contributed by atoms with Crippen LogP contribution < -0.4 is 10.9 Å². The van der Waals surface area contributed by atoms with Crippen LogP contribution in [0.1, 0.15) is 58.1 Å². The van der Waals surface area contributed by atoms with E-state index in [4.69, 9.17) is 0 Å². The molecular weight excluding hydrogens is 282 g/mol. The van der Waals surface area contributed by atoms with E-state index in [9.17, 15) is 4.79 Å². The maximum atomic E-state index is 11.7. The Morgan fingerprint density at radius 3 is 3.00 bits per heavy atom. The Morgan fingerprint density at radius 2 is 2.24 bits per heavy atom. The van der Waals surface area contributed by atoms with Crippen molar-refractivity contribution in [2.45, 2.75) is 75.2 Å². The van der Waals surface area contributed by atoms with E-state index in [-0.39, 0.29) is 5.56 Å². The predicted molar refractivity (Wildman–Crippen MR) is 89.0 cm³/mol. The van der Waals surface area contributed by atoms with Gasteiger partial charge < -0.3 is 10.3 Å². The van der Waals surface area contributed by atoms with Crippen LogP contribution in [0.2, 0.25) is 0 Å². The van der Waals surface area contributed by atoms with Crippen LogP contribution in [0.25, 0.3) is 0 Å². The fourth-order valence-corrected chi connectivity index (χ4v) is 4.13. The lowest BCUT2D eigenvalue weighted by Crippen LogP contribution is -2.35. The van der Waals surface area contributed by atoms with Crippen LogP contribution in [-0.2, 0) is 6.42 Å². The lowest BCUT2D eigenvalue weighted by molar-refractivity contribution is 0.381. The third-order valence-electron chi connectivity index (χ3n) is 3.87. The number of thioether (sulfide) groups is 1. The summed E-state index contributed by atoms with van der Waals surface area (Å²) in [6.45, 7) is 5.42. The quantitative estimate of drug-likeness (QED) is 0.760. The Kier molecular flexibility index (Phi) is 6.77. The predicted octanol–water partition coefficient (Wildman–Crippen LogP) is 3.13. The highest BCUT2D eigenvalue weighted by Gasteiger charge is 2.23. The molecule has 2 unspecified atom stereocenters. The van der Waals surface area contributed by atoms with Crippen molar-refractivity contribution >= 4 is 11.8 Å². The summed E-state index contributed by atoms with van der Waals surface area (Å²) in [7, 11) is 0. The minimum absolute atomic E-state index is 0.0209. The van der Waals surface area contributed by atoms with E-state index in [0.717, 1.165) is 30.2 Å². The standard InChI is InChI=1S/C16H27N3OS/c1-3-6-13-11-15(20)19-16(18-13)21-14-8-5-7-12(10-14)17-9-4-2/h11-12,14,17H,3-10H2,1-2H3,(H,18,19,20). The third-order valence-corrected chi connectivity index (χ3v) is 5.04. The molecule has 1 aliphatic carbocycles. The number of nitrogens with zero attached hydrogens (tertiary/aromatic N) is 1. The summed E-state index contributed by atoms with van der Waals surface area (Å²) in [5.41, 5.74) is 0.896. The van der Waals surface area contributed by atoms with Crippen LogP contribution in [0.3, 0.4) is 0 Å². The summed E-state index contributed by atoms with van der Waals surface area (Å²) >= 11 is 1.75. The number of rotatable bonds is 7. The molecule has 2 atom stereocenters. The average Bonchev–Trinajstić information content (AvgIpc) is 2.45. The second-order valence-electron chi connectivity index (χ2n) is 5.85. The van der Waals surface area contributed by atoms with Crippen molar-refractivity contribution < 1.29 is 0 Å². The van der Waals surface area contributed by atoms with Crippen LogP contribution in [0, 0.1) is 0 Å². The van der Waals surface area contributed by atoms with Crippen LogP contribution in [0.4, 0.5) is 0 Å². The first kappa shape index (κ1) is 16.6. The molecule has 2 rings (SSSR count). The number of hydrogen-bond donors (Lipinski definition) is 2. The number of nitrogens with one attached hydrogen (secondary N) is 2. The zero-order chi connectivity index (χ0) is 15.1. The number of aromatic amines is 1. The lowest BCUT2D eigenvalue weighted by Gasteiger charge is -2.29. The minimum atomic E-state index is -0.0209. The van der Waals surface area contributed by atoms with Gasteiger partial charge in [0.15, 0.2) is 5.16 Å². The first-order valence-corrected chi connectivity index (χ1v) is 9.09. The van der Waals surface area contributed by atoms with Crippen molar-refractivity contribution in [2.24, 2.45) is 0 Å². The van der Waals surface area contributed by atoms with Crippen molar-refractivity contribution in [3.05, 3.63) is 22.1 Å². The van der Waals surface area contributed by atoms with E-state index in [1.165, 1.54) is 32.1 Å². The molecule has 0 amide bonds. The van der Waals surface area contributed by atoms with Gasteiger partial charge in [0.2, 0.25) is 0 Å². The van der Waals surface area contributed by atoms with Gasteiger partial charge in [-0.1, -0.05) is 38.5 Å². The molecule has 0 saturated heterocycles. The van der Waals surface area contributed by atoms with Gasteiger partial charge in [0.25, 0.3) is 5.56 Å². The van der Waals surface area contributed by atoms with Gasteiger partial charge in [0.05, 0.1) is 0 Å². The zero-order valence-corrected chi connectivity index (χ0v) is 14.0. The summed E-state index contributed by atoms with van der Waals surface area (Å²) in [6, 6.07) is 2.25. The summed E-state index contributed by atoms with van der Waals surface area (Å²) in [5, 5.41) is 4.99. The Balaban J connectivity index is 1.95. The second-order valence-corrected chi connectivity index (χ2v) is 7.14. The first-order chi connectivity index (χ1) is 10.2. The van der Waals surface area contributed by atoms with Gasteiger partial charge in [-0.2, -0.15) is 0 Å². The number of aromatic nitrogens is 2. The molecule has 0 aliphatic heterocycles. The smallest absolute Gasteiger partial charge is 0.251 e. The zero-order valence-electron chi connectivity index (χ0n) is 13.2. The van der Waals surface area contributed by atoms with E-state index in [2.05, 4.69) is 29.1 Å². The van der Waals surface area contributed by atoms with E-state index >= 15 is 0 Å². The fraction of sp³-hybridized carbons (Fsp3) is 0.750. The van der Waals surface area contributed by atoms with Gasteiger partial charge in [0, 0.05) is 23.1 Å². The highest BCUT2D eigenvalue weighted by atomic mass is 32.2. The SMILES string of the molecule is CCCNC1CCCC(Sc2nc(CCC)cc(=O)[nH]2)C1. The maximum Gasteiger partial charge on any atom is 0.251 e. The molecule has 1 fully saturated rings. The van der Waals surface area contributed by atoms with Crippen molar-refractivity contribution in [2.75, 3.05) is 6.54 Å². The first-order valence-electron chi connectivity index (χ1n) is 8.21. The van der Waals surface area contributed by atoms with Gasteiger partial charge >= 0.3 is 0 Å². The normalized spacial score (nSPS) is 22.4. The molecule has 0 aromatic carbocycles. The van der Waals surface area contributed by atoms with E-state index in [1.807, 2.05) is 0 Å². The minimum Gasteiger partial charge on any atom is -0.314 e. The van der Waals surface area contributed by atoms with E-state index in [0.29, 0.717) is 11.3 Å². The highest BCUT2D eigenvalue weighted by Crippen LogP contribution is 2.31. The number of hydrogen-bond acceptors (Lipinski definition) is 4. The largest absolute Gasteiger partial charge is 0.314 e. The van der Waals surface area contributed by atoms with Crippen molar-refractivity contribution in [3.8, 4) is 0 Å². The molecule has 1 aliphatic rings. The summed E-state index contributed by atoms with van der Waals surface area (Å²) < 4.78 is 0. The molecule has 118 valence electrons. The fourth-order valence-electron chi connectivity index (χ4n) is 2.87. The molecule has 1 heterocycles. The van der Waals surface area contributed by atoms with Gasteiger partial charge in [-0.3, -0.25) is 4.79 Å². The number of H-pyrrole nitrogens is 1. The molecule has 21 heavy (non-hydrogen) atoms. The Morgan fingerprint density at radius 1 is 1.38 bits per heavy atom. The molecule has 4 nitrogen and oxygen atoms in total. The molecule has 1 aromatic rings. The highest BCUT2D eigenvalue weighted by molar-refractivity contribution is 7.99.